The van der Waals surface area contributed by atoms with E-state index >= 15 is 0 Å². The number of rotatable bonds is 27. The third-order valence-electron chi connectivity index (χ3n) is 10.8. The molecule has 0 bridgehead atoms. The summed E-state index contributed by atoms with van der Waals surface area (Å²) >= 11 is 0. The first-order valence-electron chi connectivity index (χ1n) is 20.2. The zero-order valence-electron chi connectivity index (χ0n) is 35.3. The Morgan fingerprint density at radius 1 is 0.750 bits per heavy atom. The van der Waals surface area contributed by atoms with Crippen molar-refractivity contribution in [1.29, 1.82) is 0 Å². The number of hydrogen-bond donors (Lipinski definition) is 3. The van der Waals surface area contributed by atoms with Crippen molar-refractivity contribution in [1.82, 2.24) is 0 Å². The summed E-state index contributed by atoms with van der Waals surface area (Å²) < 4.78 is 97.9. The Morgan fingerprint density at radius 3 is 1.88 bits per heavy atom. The molecule has 0 saturated carbocycles. The topological polar surface area (TPSA) is 198 Å². The van der Waals surface area contributed by atoms with Crippen LogP contribution in [-0.2, 0) is 59.5 Å². The van der Waals surface area contributed by atoms with Gasteiger partial charge in [-0.05, 0) is 75.1 Å². The summed E-state index contributed by atoms with van der Waals surface area (Å²) in [5.41, 5.74) is 3.65. The largest absolute Gasteiger partial charge is 0.481 e. The molecular formula is C43H61N2O13S2+. The molecule has 0 saturated heterocycles. The molecule has 332 valence electrons. The van der Waals surface area contributed by atoms with Crippen molar-refractivity contribution in [2.75, 3.05) is 84.6 Å². The number of nitrogens with zero attached hydrogens (tertiary/aromatic N) is 2. The third kappa shape index (κ3) is 12.9. The number of likely N-dealkylation sites (N-methyl/N-ethyl adjacent to an activating group) is 1. The summed E-state index contributed by atoms with van der Waals surface area (Å²) in [6, 6.07) is 9.24. The molecule has 15 nitrogen and oxygen atoms in total. The zero-order chi connectivity index (χ0) is 44.0. The van der Waals surface area contributed by atoms with Crippen LogP contribution < -0.4 is 4.90 Å². The number of benzene rings is 2. The molecule has 0 amide bonds. The Hall–Kier alpha value is -3.78. The zero-order valence-corrected chi connectivity index (χ0v) is 36.9. The number of allylic oxidation sites excluding steroid dienone is 6. The number of aliphatic carboxylic acids is 1. The fraction of sp³-hybridized carbons (Fsp3) is 0.535. The molecule has 2 aromatic rings. The van der Waals surface area contributed by atoms with Gasteiger partial charge in [-0.25, -0.2) is 0 Å². The van der Waals surface area contributed by atoms with E-state index in [-0.39, 0.29) is 16.2 Å². The first kappa shape index (κ1) is 48.9. The number of carboxylic acid groups (broad SMARTS) is 1. The standard InChI is InChI=1S/C43H60N2O13S2/c1-6-44-37-18-16-33(59(48,49)50)31-35(37)42(2,3)39(44)13-9-7-10-14-40-43(4,20-22-55-25-26-57-29-30-58-28-27-56-24-23-54-5)36-32-34(60(51,52)53)17-19-38(36)45(40)21-12-8-11-15-41(46)47/h7,9-10,13-14,16-19,31-32H,6,8,11-12,15,20-30H2,1-5H3,(H2-,46,47,48,49,50,51,52,53)/p+1. The lowest BCUT2D eigenvalue weighted by Crippen LogP contribution is -2.33. The Morgan fingerprint density at radius 2 is 1.32 bits per heavy atom. The van der Waals surface area contributed by atoms with Crippen LogP contribution in [0, 0.1) is 0 Å². The minimum atomic E-state index is -4.51. The van der Waals surface area contributed by atoms with Crippen molar-refractivity contribution in [2.45, 2.75) is 80.4 Å². The Bertz CT molecular complexity index is 2130. The second-order valence-corrected chi connectivity index (χ2v) is 18.1. The van der Waals surface area contributed by atoms with Gasteiger partial charge in [0.05, 0.1) is 68.1 Å². The first-order valence-corrected chi connectivity index (χ1v) is 23.1. The van der Waals surface area contributed by atoms with Crippen LogP contribution in [0.4, 0.5) is 11.4 Å². The summed E-state index contributed by atoms with van der Waals surface area (Å²) in [7, 11) is -7.27. The number of ether oxygens (including phenoxy) is 5. The van der Waals surface area contributed by atoms with Gasteiger partial charge in [-0.1, -0.05) is 32.1 Å². The average molecular weight is 878 g/mol. The highest BCUT2D eigenvalue weighted by Gasteiger charge is 2.48. The van der Waals surface area contributed by atoms with Crippen LogP contribution in [0.3, 0.4) is 0 Å². The summed E-state index contributed by atoms with van der Waals surface area (Å²) in [4.78, 5) is 12.9. The van der Waals surface area contributed by atoms with Crippen molar-refractivity contribution >= 4 is 43.3 Å². The van der Waals surface area contributed by atoms with Crippen LogP contribution in [-0.4, -0.2) is 127 Å². The molecular weight excluding hydrogens is 817 g/mol. The molecule has 1 unspecified atom stereocenters. The van der Waals surface area contributed by atoms with Crippen LogP contribution in [0.15, 0.2) is 82.3 Å². The summed E-state index contributed by atoms with van der Waals surface area (Å²) in [6.07, 6.45) is 12.1. The molecule has 2 aromatic carbocycles. The van der Waals surface area contributed by atoms with E-state index in [0.717, 1.165) is 28.3 Å². The highest BCUT2D eigenvalue weighted by atomic mass is 32.2. The van der Waals surface area contributed by atoms with Crippen LogP contribution in [0.1, 0.15) is 70.9 Å². The van der Waals surface area contributed by atoms with E-state index in [9.17, 15) is 30.7 Å². The molecule has 60 heavy (non-hydrogen) atoms. The van der Waals surface area contributed by atoms with Crippen molar-refractivity contribution < 1.29 is 64.1 Å². The van der Waals surface area contributed by atoms with Gasteiger partial charge in [0.2, 0.25) is 5.69 Å². The normalized spacial score (nSPS) is 18.4. The van der Waals surface area contributed by atoms with E-state index < -0.39 is 37.0 Å². The number of carbonyl (C=O) groups is 1. The lowest BCUT2D eigenvalue weighted by atomic mass is 9.76. The predicted octanol–water partition coefficient (Wildman–Crippen LogP) is 6.10. The number of hydrogen-bond acceptors (Lipinski definition) is 11. The number of anilines is 1. The molecule has 0 spiro atoms. The van der Waals surface area contributed by atoms with Gasteiger partial charge in [0.1, 0.15) is 6.54 Å². The van der Waals surface area contributed by atoms with E-state index in [1.54, 1.807) is 19.2 Å². The van der Waals surface area contributed by atoms with Gasteiger partial charge < -0.3 is 33.7 Å². The van der Waals surface area contributed by atoms with E-state index in [0.29, 0.717) is 104 Å². The minimum absolute atomic E-state index is 0.0696. The van der Waals surface area contributed by atoms with Crippen LogP contribution in [0.25, 0.3) is 0 Å². The maximum atomic E-state index is 12.3. The second kappa shape index (κ2) is 22.4. The van der Waals surface area contributed by atoms with E-state index in [1.165, 1.54) is 24.3 Å². The van der Waals surface area contributed by atoms with Crippen molar-refractivity contribution in [3.63, 3.8) is 0 Å². The summed E-state index contributed by atoms with van der Waals surface area (Å²) in [6.45, 7) is 13.0. The molecule has 0 aliphatic carbocycles. The van der Waals surface area contributed by atoms with Gasteiger partial charge in [0, 0.05) is 67.6 Å². The average Bonchev–Trinajstić information content (AvgIpc) is 3.55. The fourth-order valence-corrected chi connectivity index (χ4v) is 8.63. The third-order valence-corrected chi connectivity index (χ3v) is 12.5. The SMILES string of the molecule is CCN1/C(=C/C=C/C=C/C2=[N+](CCCCCC(=O)O)c3ccc(S(=O)(=O)O)cc3C2(C)CCOCCOCCOCCOCCOC)C(C)(C)c2cc(S(=O)(=O)O)ccc21. The van der Waals surface area contributed by atoms with Gasteiger partial charge in [-0.2, -0.15) is 21.4 Å². The number of carboxylic acids is 1. The molecule has 2 heterocycles. The molecule has 2 aliphatic rings. The summed E-state index contributed by atoms with van der Waals surface area (Å²) in [5.74, 6) is -0.850. The lowest BCUT2D eigenvalue weighted by molar-refractivity contribution is -0.438. The second-order valence-electron chi connectivity index (χ2n) is 15.2. The Kier molecular flexibility index (Phi) is 18.2. The Balaban J connectivity index is 1.55. The van der Waals surface area contributed by atoms with E-state index in [2.05, 4.69) is 9.48 Å². The maximum Gasteiger partial charge on any atom is 0.303 e. The lowest BCUT2D eigenvalue weighted by Gasteiger charge is -2.25. The number of fused-ring (bicyclic) bond motifs is 2. The van der Waals surface area contributed by atoms with E-state index in [1.807, 2.05) is 58.1 Å². The smallest absolute Gasteiger partial charge is 0.303 e. The molecule has 4 rings (SSSR count). The van der Waals surface area contributed by atoms with Gasteiger partial charge in [0.25, 0.3) is 20.2 Å². The highest BCUT2D eigenvalue weighted by molar-refractivity contribution is 7.86. The predicted molar refractivity (Wildman–Crippen MR) is 228 cm³/mol. The monoisotopic (exact) mass is 877 g/mol. The van der Waals surface area contributed by atoms with Gasteiger partial charge in [-0.3, -0.25) is 13.9 Å². The minimum Gasteiger partial charge on any atom is -0.481 e. The number of unbranched alkanes of at least 4 members (excludes halogenated alkanes) is 2. The van der Waals surface area contributed by atoms with Gasteiger partial charge >= 0.3 is 5.97 Å². The highest BCUT2D eigenvalue weighted by Crippen LogP contribution is 2.48. The van der Waals surface area contributed by atoms with E-state index in [4.69, 9.17) is 28.8 Å². The fourth-order valence-electron chi connectivity index (χ4n) is 7.61. The first-order chi connectivity index (χ1) is 28.5. The number of methoxy groups -OCH3 is 1. The van der Waals surface area contributed by atoms with Crippen molar-refractivity contribution in [2.24, 2.45) is 0 Å². The van der Waals surface area contributed by atoms with Gasteiger partial charge in [0.15, 0.2) is 5.71 Å². The van der Waals surface area contributed by atoms with Crippen LogP contribution in [0.5, 0.6) is 0 Å². The van der Waals surface area contributed by atoms with Gasteiger partial charge in [-0.15, -0.1) is 0 Å². The van der Waals surface area contributed by atoms with Crippen LogP contribution >= 0.6 is 0 Å². The quantitative estimate of drug-likeness (QED) is 0.0403. The van der Waals surface area contributed by atoms with Crippen molar-refractivity contribution in [3.05, 3.63) is 83.6 Å². The molecule has 1 atom stereocenters. The molecule has 17 heteroatoms. The molecule has 0 fully saturated rings. The molecule has 2 aliphatic heterocycles. The van der Waals surface area contributed by atoms with Crippen LogP contribution in [0.2, 0.25) is 0 Å². The molecule has 3 N–H and O–H groups in total. The molecule has 0 radical (unpaired) electrons. The molecule has 0 aromatic heterocycles. The van der Waals surface area contributed by atoms with Crippen molar-refractivity contribution in [3.8, 4) is 0 Å². The summed E-state index contributed by atoms with van der Waals surface area (Å²) in [5, 5.41) is 9.16. The Labute approximate surface area is 354 Å². The maximum absolute atomic E-state index is 12.3.